The molecule has 0 saturated heterocycles. The Kier molecular flexibility index (Phi) is 3.37. The second-order valence-electron chi connectivity index (χ2n) is 5.74. The molecule has 0 spiro atoms. The zero-order valence-electron chi connectivity index (χ0n) is 11.2. The molecule has 0 aromatic carbocycles. The van der Waals surface area contributed by atoms with E-state index in [2.05, 4.69) is 17.3 Å². The van der Waals surface area contributed by atoms with Crippen molar-refractivity contribution in [3.8, 4) is 0 Å². The molecule has 1 heterocycles. The van der Waals surface area contributed by atoms with Crippen LogP contribution in [0.3, 0.4) is 0 Å². The van der Waals surface area contributed by atoms with Gasteiger partial charge in [0.05, 0.1) is 16.4 Å². The van der Waals surface area contributed by atoms with Gasteiger partial charge in [-0.05, 0) is 51.4 Å². The van der Waals surface area contributed by atoms with Crippen molar-refractivity contribution in [1.29, 1.82) is 0 Å². The summed E-state index contributed by atoms with van der Waals surface area (Å²) in [6.45, 7) is 5.86. The molecule has 2 aliphatic rings. The van der Waals surface area contributed by atoms with Crippen LogP contribution in [0.1, 0.15) is 44.0 Å². The van der Waals surface area contributed by atoms with Gasteiger partial charge in [-0.15, -0.1) is 0 Å². The van der Waals surface area contributed by atoms with Crippen LogP contribution in [-0.2, 0) is 13.1 Å². The Morgan fingerprint density at radius 1 is 1.33 bits per heavy atom. The molecule has 2 aliphatic carbocycles. The van der Waals surface area contributed by atoms with E-state index in [4.69, 9.17) is 11.6 Å². The highest BCUT2D eigenvalue weighted by Crippen LogP contribution is 2.44. The number of aromatic nitrogens is 2. The fourth-order valence-corrected chi connectivity index (χ4v) is 3.08. The summed E-state index contributed by atoms with van der Waals surface area (Å²) in [5, 5.41) is 9.06. The van der Waals surface area contributed by atoms with Crippen molar-refractivity contribution in [3.63, 3.8) is 0 Å². The maximum atomic E-state index is 6.34. The smallest absolute Gasteiger partial charge is 0.0860 e. The molecule has 2 fully saturated rings. The van der Waals surface area contributed by atoms with Crippen molar-refractivity contribution in [2.24, 2.45) is 11.8 Å². The van der Waals surface area contributed by atoms with Crippen LogP contribution in [0.2, 0.25) is 5.02 Å². The predicted molar refractivity (Wildman–Crippen MR) is 73.7 cm³/mol. The summed E-state index contributed by atoms with van der Waals surface area (Å²) < 4.78 is 2.03. The van der Waals surface area contributed by atoms with Gasteiger partial charge in [0.2, 0.25) is 0 Å². The van der Waals surface area contributed by atoms with Crippen LogP contribution in [0, 0.1) is 18.8 Å². The second kappa shape index (κ2) is 4.86. The lowest BCUT2D eigenvalue weighted by molar-refractivity contribution is 0.407. The largest absolute Gasteiger partial charge is 0.308 e. The lowest BCUT2D eigenvalue weighted by atomic mass is 10.1. The second-order valence-corrected chi connectivity index (χ2v) is 6.12. The van der Waals surface area contributed by atoms with Crippen molar-refractivity contribution in [2.75, 3.05) is 0 Å². The van der Waals surface area contributed by atoms with E-state index in [1.807, 2.05) is 11.6 Å². The number of nitrogens with zero attached hydrogens (tertiary/aromatic N) is 2. The fraction of sp³-hybridized carbons (Fsp3) is 0.786. The van der Waals surface area contributed by atoms with Crippen LogP contribution < -0.4 is 5.32 Å². The predicted octanol–water partition coefficient (Wildman–Crippen LogP) is 3.14. The van der Waals surface area contributed by atoms with Crippen molar-refractivity contribution in [1.82, 2.24) is 15.1 Å². The number of rotatable bonds is 6. The normalized spacial score (nSPS) is 19.8. The van der Waals surface area contributed by atoms with Crippen LogP contribution in [0.25, 0.3) is 0 Å². The Balaban J connectivity index is 1.68. The molecule has 1 aromatic heterocycles. The maximum Gasteiger partial charge on any atom is 0.0860 e. The number of halogens is 1. The van der Waals surface area contributed by atoms with E-state index < -0.39 is 0 Å². The van der Waals surface area contributed by atoms with Gasteiger partial charge >= 0.3 is 0 Å². The lowest BCUT2D eigenvalue weighted by Gasteiger charge is -2.18. The molecule has 2 saturated carbocycles. The maximum absolute atomic E-state index is 6.34. The van der Waals surface area contributed by atoms with Gasteiger partial charge in [-0.3, -0.25) is 4.68 Å². The molecule has 100 valence electrons. The minimum Gasteiger partial charge on any atom is -0.308 e. The summed E-state index contributed by atoms with van der Waals surface area (Å²) in [6, 6.07) is 0.724. The molecule has 18 heavy (non-hydrogen) atoms. The topological polar surface area (TPSA) is 29.9 Å². The average Bonchev–Trinajstić information content (AvgIpc) is 3.24. The first kappa shape index (κ1) is 12.5. The average molecular weight is 268 g/mol. The fourth-order valence-electron chi connectivity index (χ4n) is 2.88. The molecular weight excluding hydrogens is 246 g/mol. The Morgan fingerprint density at radius 3 is 2.44 bits per heavy atom. The lowest BCUT2D eigenvalue weighted by Crippen LogP contribution is -2.33. The highest BCUT2D eigenvalue weighted by atomic mass is 35.5. The van der Waals surface area contributed by atoms with Gasteiger partial charge in [-0.25, -0.2) is 0 Å². The van der Waals surface area contributed by atoms with Crippen molar-refractivity contribution >= 4 is 11.6 Å². The van der Waals surface area contributed by atoms with Crippen molar-refractivity contribution < 1.29 is 0 Å². The van der Waals surface area contributed by atoms with Gasteiger partial charge < -0.3 is 5.32 Å². The summed E-state index contributed by atoms with van der Waals surface area (Å²) >= 11 is 6.34. The van der Waals surface area contributed by atoms with Crippen molar-refractivity contribution in [2.45, 2.75) is 58.7 Å². The molecule has 3 rings (SSSR count). The van der Waals surface area contributed by atoms with E-state index in [1.165, 1.54) is 25.7 Å². The quantitative estimate of drug-likeness (QED) is 0.858. The minimum absolute atomic E-state index is 0.724. The molecule has 3 nitrogen and oxygen atoms in total. The summed E-state index contributed by atoms with van der Waals surface area (Å²) in [5.41, 5.74) is 2.10. The Bertz CT molecular complexity index is 420. The number of hydrogen-bond acceptors (Lipinski definition) is 2. The van der Waals surface area contributed by atoms with Gasteiger partial charge in [0.25, 0.3) is 0 Å². The summed E-state index contributed by atoms with van der Waals surface area (Å²) in [7, 11) is 0. The molecule has 0 amide bonds. The van der Waals surface area contributed by atoms with E-state index in [0.717, 1.165) is 47.4 Å². The summed E-state index contributed by atoms with van der Waals surface area (Å²) in [4.78, 5) is 0. The highest BCUT2D eigenvalue weighted by molar-refractivity contribution is 6.31. The summed E-state index contributed by atoms with van der Waals surface area (Å²) in [6.07, 6.45) is 5.64. The zero-order chi connectivity index (χ0) is 12.7. The van der Waals surface area contributed by atoms with E-state index in [1.54, 1.807) is 0 Å². The van der Waals surface area contributed by atoms with E-state index in [0.29, 0.717) is 0 Å². The molecule has 0 atom stereocenters. The Morgan fingerprint density at radius 2 is 1.94 bits per heavy atom. The van der Waals surface area contributed by atoms with Crippen LogP contribution in [0.5, 0.6) is 0 Å². The SMILES string of the molecule is CCn1nc(C)c(Cl)c1CNC(C1CC1)C1CC1. The van der Waals surface area contributed by atoms with Gasteiger partial charge in [-0.2, -0.15) is 5.10 Å². The first-order valence-corrected chi connectivity index (χ1v) is 7.53. The Hall–Kier alpha value is -0.540. The molecule has 1 N–H and O–H groups in total. The standard InChI is InChI=1S/C14H22ClN3/c1-3-18-12(13(15)9(2)17-18)8-16-14(10-4-5-10)11-6-7-11/h10-11,14,16H,3-8H2,1-2H3. The molecular formula is C14H22ClN3. The monoisotopic (exact) mass is 267 g/mol. The summed E-state index contributed by atoms with van der Waals surface area (Å²) in [5.74, 6) is 1.85. The van der Waals surface area contributed by atoms with Crippen LogP contribution in [-0.4, -0.2) is 15.8 Å². The van der Waals surface area contributed by atoms with Crippen molar-refractivity contribution in [3.05, 3.63) is 16.4 Å². The van der Waals surface area contributed by atoms with E-state index in [-0.39, 0.29) is 0 Å². The third-order valence-electron chi connectivity index (χ3n) is 4.22. The molecule has 0 radical (unpaired) electrons. The first-order chi connectivity index (χ1) is 8.70. The number of hydrogen-bond donors (Lipinski definition) is 1. The van der Waals surface area contributed by atoms with Gasteiger partial charge in [0.15, 0.2) is 0 Å². The van der Waals surface area contributed by atoms with Crippen LogP contribution in [0.4, 0.5) is 0 Å². The van der Waals surface area contributed by atoms with E-state index in [9.17, 15) is 0 Å². The van der Waals surface area contributed by atoms with E-state index >= 15 is 0 Å². The van der Waals surface area contributed by atoms with Crippen LogP contribution >= 0.6 is 11.6 Å². The van der Waals surface area contributed by atoms with Crippen LogP contribution in [0.15, 0.2) is 0 Å². The third-order valence-corrected chi connectivity index (χ3v) is 4.71. The molecule has 0 unspecified atom stereocenters. The molecule has 1 aromatic rings. The zero-order valence-corrected chi connectivity index (χ0v) is 12.0. The number of nitrogens with one attached hydrogen (secondary N) is 1. The van der Waals surface area contributed by atoms with Gasteiger partial charge in [0, 0.05) is 19.1 Å². The van der Waals surface area contributed by atoms with Gasteiger partial charge in [0.1, 0.15) is 0 Å². The Labute approximate surface area is 114 Å². The third kappa shape index (κ3) is 2.43. The highest BCUT2D eigenvalue weighted by Gasteiger charge is 2.41. The molecule has 0 bridgehead atoms. The molecule has 0 aliphatic heterocycles. The van der Waals surface area contributed by atoms with Gasteiger partial charge in [-0.1, -0.05) is 11.6 Å². The minimum atomic E-state index is 0.724. The first-order valence-electron chi connectivity index (χ1n) is 7.15. The molecule has 4 heteroatoms. The number of aryl methyl sites for hydroxylation is 2.